The highest BCUT2D eigenvalue weighted by Crippen LogP contribution is 2.38. The van der Waals surface area contributed by atoms with E-state index in [0.29, 0.717) is 17.4 Å². The van der Waals surface area contributed by atoms with Crippen molar-refractivity contribution in [3.8, 4) is 0 Å². The zero-order valence-electron chi connectivity index (χ0n) is 51.7. The first kappa shape index (κ1) is 76.1. The Balaban J connectivity index is 4.22. The van der Waals surface area contributed by atoms with Crippen LogP contribution in [0.2, 0.25) is 0 Å². The number of nitrogens with zero attached hydrogens (tertiary/aromatic N) is 1. The van der Waals surface area contributed by atoms with Gasteiger partial charge in [0.15, 0.2) is 6.10 Å². The van der Waals surface area contributed by atoms with Crippen molar-refractivity contribution in [2.45, 2.75) is 251 Å². The number of esters is 2. The number of phosphoric acid groups is 1. The fraction of sp³-hybridized carbons (Fsp3) is 0.657. The molecule has 0 aromatic heterocycles. The fourth-order valence-electron chi connectivity index (χ4n) is 8.27. The van der Waals surface area contributed by atoms with Gasteiger partial charge in [-0.1, -0.05) is 250 Å². The molecule has 0 saturated carbocycles. The average Bonchev–Trinajstić information content (AvgIpc) is 3.42. The molecule has 0 saturated heterocycles. The predicted octanol–water partition coefficient (Wildman–Crippen LogP) is 19.9. The molecule has 0 aliphatic heterocycles. The Morgan fingerprint density at radius 3 is 1.06 bits per heavy atom. The van der Waals surface area contributed by atoms with Crippen LogP contribution >= 0.6 is 7.82 Å². The van der Waals surface area contributed by atoms with Crippen molar-refractivity contribution >= 4 is 19.8 Å². The maximum atomic E-state index is 12.8. The Labute approximate surface area is 491 Å². The van der Waals surface area contributed by atoms with Crippen LogP contribution in [-0.4, -0.2) is 70.0 Å². The molecule has 0 radical (unpaired) electrons. The van der Waals surface area contributed by atoms with Gasteiger partial charge >= 0.3 is 11.9 Å². The molecular formula is C70H118NO8P. The van der Waals surface area contributed by atoms with Gasteiger partial charge in [-0.15, -0.1) is 0 Å². The molecule has 456 valence electrons. The first-order valence-corrected chi connectivity index (χ1v) is 33.4. The third-order valence-electron chi connectivity index (χ3n) is 13.2. The molecule has 80 heavy (non-hydrogen) atoms. The number of unbranched alkanes of at least 4 members (excludes halogenated alkanes) is 21. The Bertz CT molecular complexity index is 1810. The monoisotopic (exact) mass is 1130 g/mol. The molecule has 0 N–H and O–H groups in total. The molecule has 0 bridgehead atoms. The van der Waals surface area contributed by atoms with E-state index in [1.807, 2.05) is 21.1 Å². The summed E-state index contributed by atoms with van der Waals surface area (Å²) in [6.07, 6.45) is 86.4. The van der Waals surface area contributed by atoms with Gasteiger partial charge in [0.25, 0.3) is 7.82 Å². The summed E-state index contributed by atoms with van der Waals surface area (Å²) >= 11 is 0. The normalized spacial score (nSPS) is 14.1. The summed E-state index contributed by atoms with van der Waals surface area (Å²) in [5.41, 5.74) is 0. The van der Waals surface area contributed by atoms with Crippen molar-refractivity contribution in [3.05, 3.63) is 134 Å². The molecule has 2 atom stereocenters. The molecule has 0 heterocycles. The van der Waals surface area contributed by atoms with Crippen LogP contribution < -0.4 is 4.89 Å². The third kappa shape index (κ3) is 63.3. The first-order chi connectivity index (χ1) is 39.0. The van der Waals surface area contributed by atoms with Crippen LogP contribution in [0.15, 0.2) is 134 Å². The van der Waals surface area contributed by atoms with E-state index < -0.39 is 32.5 Å². The Hall–Kier alpha value is -3.85. The highest BCUT2D eigenvalue weighted by atomic mass is 31.2. The summed E-state index contributed by atoms with van der Waals surface area (Å²) in [5, 5.41) is 0. The fourth-order valence-corrected chi connectivity index (χ4v) is 9.00. The van der Waals surface area contributed by atoms with E-state index in [0.717, 1.165) is 122 Å². The zero-order valence-corrected chi connectivity index (χ0v) is 52.6. The minimum Gasteiger partial charge on any atom is -0.756 e. The van der Waals surface area contributed by atoms with E-state index in [4.69, 9.17) is 18.5 Å². The number of hydrogen-bond donors (Lipinski definition) is 0. The van der Waals surface area contributed by atoms with Crippen LogP contribution in [0.25, 0.3) is 0 Å². The second-order valence-electron chi connectivity index (χ2n) is 22.0. The lowest BCUT2D eigenvalue weighted by atomic mass is 10.0. The molecule has 0 amide bonds. The van der Waals surface area contributed by atoms with E-state index in [1.54, 1.807) is 0 Å². The molecule has 2 unspecified atom stereocenters. The number of carbonyl (C=O) groups excluding carboxylic acids is 2. The second kappa shape index (κ2) is 59.8. The van der Waals surface area contributed by atoms with Crippen molar-refractivity contribution in [3.63, 3.8) is 0 Å². The van der Waals surface area contributed by atoms with E-state index in [-0.39, 0.29) is 26.1 Å². The van der Waals surface area contributed by atoms with Gasteiger partial charge in [-0.3, -0.25) is 14.2 Å². The van der Waals surface area contributed by atoms with Gasteiger partial charge in [-0.2, -0.15) is 0 Å². The molecule has 0 rings (SSSR count). The van der Waals surface area contributed by atoms with Gasteiger partial charge in [0.05, 0.1) is 27.7 Å². The minimum atomic E-state index is -4.65. The summed E-state index contributed by atoms with van der Waals surface area (Å²) in [6.45, 7) is 4.09. The number of quaternary nitrogens is 1. The zero-order chi connectivity index (χ0) is 58.4. The number of rotatable bonds is 57. The van der Waals surface area contributed by atoms with Crippen LogP contribution in [0.5, 0.6) is 0 Å². The molecule has 0 aliphatic rings. The summed E-state index contributed by atoms with van der Waals surface area (Å²) in [4.78, 5) is 38.0. The lowest BCUT2D eigenvalue weighted by molar-refractivity contribution is -0.870. The lowest BCUT2D eigenvalue weighted by Crippen LogP contribution is -2.37. The molecule has 0 spiro atoms. The number of carbonyl (C=O) groups is 2. The van der Waals surface area contributed by atoms with Crippen molar-refractivity contribution in [1.82, 2.24) is 0 Å². The van der Waals surface area contributed by atoms with Gasteiger partial charge in [0, 0.05) is 12.8 Å². The first-order valence-electron chi connectivity index (χ1n) is 31.9. The third-order valence-corrected chi connectivity index (χ3v) is 14.1. The largest absolute Gasteiger partial charge is 0.756 e. The number of likely N-dealkylation sites (N-methyl/N-ethyl adjacent to an activating group) is 1. The van der Waals surface area contributed by atoms with Crippen molar-refractivity contribution in [2.75, 3.05) is 47.5 Å². The second-order valence-corrected chi connectivity index (χ2v) is 23.4. The molecule has 0 aromatic rings. The lowest BCUT2D eigenvalue weighted by Gasteiger charge is -2.28. The Morgan fingerprint density at radius 2 is 0.713 bits per heavy atom. The molecule has 0 fully saturated rings. The quantitative estimate of drug-likeness (QED) is 0.0195. The minimum absolute atomic E-state index is 0.0423. The smallest absolute Gasteiger partial charge is 0.306 e. The molecular weight excluding hydrogens is 1010 g/mol. The maximum absolute atomic E-state index is 12.8. The topological polar surface area (TPSA) is 111 Å². The Morgan fingerprint density at radius 1 is 0.400 bits per heavy atom. The average molecular weight is 1130 g/mol. The van der Waals surface area contributed by atoms with Crippen LogP contribution in [0.4, 0.5) is 0 Å². The molecule has 9 nitrogen and oxygen atoms in total. The predicted molar refractivity (Wildman–Crippen MR) is 341 cm³/mol. The van der Waals surface area contributed by atoms with E-state index >= 15 is 0 Å². The highest BCUT2D eigenvalue weighted by molar-refractivity contribution is 7.45. The van der Waals surface area contributed by atoms with Crippen molar-refractivity contribution in [1.29, 1.82) is 0 Å². The Kier molecular flexibility index (Phi) is 56.9. The van der Waals surface area contributed by atoms with Gasteiger partial charge < -0.3 is 27.9 Å². The summed E-state index contributed by atoms with van der Waals surface area (Å²) < 4.78 is 34.2. The van der Waals surface area contributed by atoms with Crippen molar-refractivity contribution < 1.29 is 42.1 Å². The van der Waals surface area contributed by atoms with E-state index in [1.165, 1.54) is 89.9 Å². The standard InChI is InChI=1S/C70H118NO8P/c1-6-8-10-12-14-16-18-20-22-24-26-28-30-31-32-33-34-35-36-37-38-39-41-43-45-47-49-51-53-55-57-59-61-63-70(73)79-68(67-78-80(74,75)77-65-64-71(3,4)5)66-76-69(72)62-60-58-56-54-52-50-48-46-44-42-40-29-27-25-23-21-19-17-15-13-11-9-7-2/h8,10,14,16,19-22,25-28,31-32,34-35,37-38,41,43,47,49,68H,6-7,9,11-13,15,17-18,23-24,29-30,33,36,39-40,42,44-46,48,50-67H2,1-5H3/b10-8-,16-14-,21-19-,22-20-,27-25-,28-26-,32-31-,35-34-,38-37-,43-41-,49-47-. The van der Waals surface area contributed by atoms with Crippen molar-refractivity contribution in [2.24, 2.45) is 0 Å². The SMILES string of the molecule is CC/C=C\C/C=C\C/C=C\C/C=C\C/C=C\C/C=C\C/C=C\C/C=C\C/C=C\CCCCCCCC(=O)OC(COC(=O)CCCCCCCCCCCCC/C=C\C/C=C\CCCCCCC)COP(=O)([O-])OCC[N+](C)(C)C. The van der Waals surface area contributed by atoms with Crippen LogP contribution in [0, 0.1) is 0 Å². The van der Waals surface area contributed by atoms with Gasteiger partial charge in [0.2, 0.25) is 0 Å². The molecule has 10 heteroatoms. The summed E-state index contributed by atoms with van der Waals surface area (Å²) in [6, 6.07) is 0. The van der Waals surface area contributed by atoms with Gasteiger partial charge in [-0.05, 0) is 116 Å². The summed E-state index contributed by atoms with van der Waals surface area (Å²) in [7, 11) is 1.13. The molecule has 0 aromatic carbocycles. The number of phosphoric ester groups is 1. The number of allylic oxidation sites excluding steroid dienone is 22. The van der Waals surface area contributed by atoms with Crippen LogP contribution in [0.1, 0.15) is 245 Å². The van der Waals surface area contributed by atoms with Gasteiger partial charge in [0.1, 0.15) is 19.8 Å². The summed E-state index contributed by atoms with van der Waals surface area (Å²) in [5.74, 6) is -0.864. The number of ether oxygens (including phenoxy) is 2. The van der Waals surface area contributed by atoms with E-state index in [2.05, 4.69) is 148 Å². The van der Waals surface area contributed by atoms with E-state index in [9.17, 15) is 19.0 Å². The molecule has 0 aliphatic carbocycles. The number of hydrogen-bond acceptors (Lipinski definition) is 8. The van der Waals surface area contributed by atoms with Gasteiger partial charge in [-0.25, -0.2) is 0 Å². The highest BCUT2D eigenvalue weighted by Gasteiger charge is 2.22. The van der Waals surface area contributed by atoms with Crippen LogP contribution in [-0.2, 0) is 32.7 Å². The maximum Gasteiger partial charge on any atom is 0.306 e. The van der Waals surface area contributed by atoms with Crippen LogP contribution in [0.3, 0.4) is 0 Å².